The number of thiophene rings is 1. The van der Waals surface area contributed by atoms with Gasteiger partial charge in [-0.2, -0.15) is 0 Å². The highest BCUT2D eigenvalue weighted by Gasteiger charge is 2.31. The van der Waals surface area contributed by atoms with Crippen molar-refractivity contribution in [2.24, 2.45) is 0 Å². The molecule has 3 nitrogen and oxygen atoms in total. The van der Waals surface area contributed by atoms with Crippen LogP contribution in [0.3, 0.4) is 0 Å². The van der Waals surface area contributed by atoms with Crippen LogP contribution < -0.4 is 5.32 Å². The highest BCUT2D eigenvalue weighted by molar-refractivity contribution is 7.10. The Morgan fingerprint density at radius 3 is 3.12 bits per heavy atom. The normalized spacial score (nSPS) is 24.1. The van der Waals surface area contributed by atoms with Crippen molar-refractivity contribution in [3.63, 3.8) is 0 Å². The molecular weight excluding hydrogens is 220 g/mol. The maximum atomic E-state index is 12.0. The number of nitrogens with zero attached hydrogens (tertiary/aromatic N) is 1. The lowest BCUT2D eigenvalue weighted by atomic mass is 10.0. The Bertz CT molecular complexity index is 411. The van der Waals surface area contributed by atoms with E-state index in [9.17, 15) is 4.79 Å². The number of nitrogens with one attached hydrogen (secondary N) is 1. The molecular formula is C12H16N2OS. The number of amides is 2. The fraction of sp³-hybridized carbons (Fsp3) is 0.583. The number of hydrogen-bond donors (Lipinski definition) is 1. The van der Waals surface area contributed by atoms with E-state index in [0.29, 0.717) is 6.04 Å². The third kappa shape index (κ3) is 1.71. The SMILES string of the molecule is C[C@H]1c2ccsc2CCN1C(=O)NC1CC1. The molecule has 3 rings (SSSR count). The monoisotopic (exact) mass is 236 g/mol. The lowest BCUT2D eigenvalue weighted by Crippen LogP contribution is -2.45. The van der Waals surface area contributed by atoms with E-state index >= 15 is 0 Å². The molecule has 0 bridgehead atoms. The van der Waals surface area contributed by atoms with Gasteiger partial charge in [-0.3, -0.25) is 0 Å². The van der Waals surface area contributed by atoms with Crippen LogP contribution in [0.4, 0.5) is 4.79 Å². The fourth-order valence-corrected chi connectivity index (χ4v) is 3.23. The van der Waals surface area contributed by atoms with Crippen molar-refractivity contribution >= 4 is 17.4 Å². The largest absolute Gasteiger partial charge is 0.335 e. The zero-order chi connectivity index (χ0) is 11.1. The van der Waals surface area contributed by atoms with Crippen LogP contribution in [0.2, 0.25) is 0 Å². The molecule has 4 heteroatoms. The van der Waals surface area contributed by atoms with Gasteiger partial charge in [-0.25, -0.2) is 4.79 Å². The number of rotatable bonds is 1. The van der Waals surface area contributed by atoms with Crippen molar-refractivity contribution in [2.45, 2.75) is 38.3 Å². The van der Waals surface area contributed by atoms with Crippen molar-refractivity contribution < 1.29 is 4.79 Å². The van der Waals surface area contributed by atoms with Gasteiger partial charge in [0.1, 0.15) is 0 Å². The first-order valence-electron chi connectivity index (χ1n) is 5.89. The predicted molar refractivity (Wildman–Crippen MR) is 64.7 cm³/mol. The fourth-order valence-electron chi connectivity index (χ4n) is 2.27. The third-order valence-electron chi connectivity index (χ3n) is 3.44. The quantitative estimate of drug-likeness (QED) is 0.798. The minimum absolute atomic E-state index is 0.117. The van der Waals surface area contributed by atoms with Crippen molar-refractivity contribution in [3.05, 3.63) is 21.9 Å². The van der Waals surface area contributed by atoms with E-state index in [4.69, 9.17) is 0 Å². The topological polar surface area (TPSA) is 32.3 Å². The summed E-state index contributed by atoms with van der Waals surface area (Å²) in [5, 5.41) is 5.20. The molecule has 1 N–H and O–H groups in total. The number of carbonyl (C=O) groups is 1. The molecule has 1 aliphatic carbocycles. The van der Waals surface area contributed by atoms with Crippen LogP contribution >= 0.6 is 11.3 Å². The van der Waals surface area contributed by atoms with Crippen molar-refractivity contribution in [1.29, 1.82) is 0 Å². The van der Waals surface area contributed by atoms with Gasteiger partial charge in [-0.15, -0.1) is 11.3 Å². The van der Waals surface area contributed by atoms with E-state index in [1.807, 2.05) is 16.2 Å². The maximum absolute atomic E-state index is 12.0. The highest BCUT2D eigenvalue weighted by atomic mass is 32.1. The molecule has 1 aromatic heterocycles. The van der Waals surface area contributed by atoms with Gasteiger partial charge in [0.15, 0.2) is 0 Å². The molecule has 0 radical (unpaired) electrons. The Labute approximate surface area is 99.5 Å². The van der Waals surface area contributed by atoms with Crippen molar-refractivity contribution in [3.8, 4) is 0 Å². The van der Waals surface area contributed by atoms with Crippen LogP contribution in [-0.2, 0) is 6.42 Å². The molecule has 86 valence electrons. The Kier molecular flexibility index (Phi) is 2.39. The standard InChI is InChI=1S/C12H16N2OS/c1-8-10-5-7-16-11(10)4-6-14(8)12(15)13-9-2-3-9/h5,7-9H,2-4,6H2,1H3,(H,13,15)/t8-/m0/s1. The summed E-state index contributed by atoms with van der Waals surface area (Å²) in [7, 11) is 0. The predicted octanol–water partition coefficient (Wildman–Crippen LogP) is 2.54. The molecule has 0 spiro atoms. The molecule has 16 heavy (non-hydrogen) atoms. The molecule has 1 fully saturated rings. The summed E-state index contributed by atoms with van der Waals surface area (Å²) in [5.41, 5.74) is 1.34. The van der Waals surface area contributed by atoms with Gasteiger partial charge in [0, 0.05) is 17.5 Å². The van der Waals surface area contributed by atoms with Crippen molar-refractivity contribution in [2.75, 3.05) is 6.54 Å². The summed E-state index contributed by atoms with van der Waals surface area (Å²) in [6.45, 7) is 2.98. The third-order valence-corrected chi connectivity index (χ3v) is 4.44. The Morgan fingerprint density at radius 1 is 1.56 bits per heavy atom. The van der Waals surface area contributed by atoms with Crippen LogP contribution in [0.25, 0.3) is 0 Å². The second-order valence-electron chi connectivity index (χ2n) is 4.64. The molecule has 2 aliphatic rings. The number of hydrogen-bond acceptors (Lipinski definition) is 2. The second kappa shape index (κ2) is 3.77. The molecule has 1 aliphatic heterocycles. The summed E-state index contributed by atoms with van der Waals surface area (Å²) in [5.74, 6) is 0. The molecule has 0 saturated heterocycles. The van der Waals surface area contributed by atoms with Crippen molar-refractivity contribution in [1.82, 2.24) is 10.2 Å². The smallest absolute Gasteiger partial charge is 0.318 e. The lowest BCUT2D eigenvalue weighted by Gasteiger charge is -2.33. The first kappa shape index (κ1) is 10.1. The summed E-state index contributed by atoms with van der Waals surface area (Å²) in [4.78, 5) is 15.4. The highest BCUT2D eigenvalue weighted by Crippen LogP contribution is 2.33. The van der Waals surface area contributed by atoms with Gasteiger partial charge in [0.05, 0.1) is 6.04 Å². The molecule has 2 amide bonds. The van der Waals surface area contributed by atoms with E-state index in [2.05, 4.69) is 23.7 Å². The molecule has 1 saturated carbocycles. The van der Waals surface area contributed by atoms with E-state index in [1.165, 1.54) is 10.4 Å². The first-order valence-corrected chi connectivity index (χ1v) is 6.77. The van der Waals surface area contributed by atoms with Gasteiger partial charge in [-0.1, -0.05) is 0 Å². The van der Waals surface area contributed by atoms with Gasteiger partial charge in [0.25, 0.3) is 0 Å². The number of carbonyl (C=O) groups excluding carboxylic acids is 1. The minimum Gasteiger partial charge on any atom is -0.335 e. The second-order valence-corrected chi connectivity index (χ2v) is 5.64. The Balaban J connectivity index is 1.75. The van der Waals surface area contributed by atoms with Crippen LogP contribution in [0.5, 0.6) is 0 Å². The summed E-state index contributed by atoms with van der Waals surface area (Å²) < 4.78 is 0. The van der Waals surface area contributed by atoms with Crippen LogP contribution in [0, 0.1) is 0 Å². The average Bonchev–Trinajstić information content (AvgIpc) is 2.94. The van der Waals surface area contributed by atoms with Gasteiger partial charge < -0.3 is 10.2 Å². The van der Waals surface area contributed by atoms with E-state index in [0.717, 1.165) is 25.8 Å². The number of urea groups is 1. The summed E-state index contributed by atoms with van der Waals surface area (Å²) >= 11 is 1.81. The average molecular weight is 236 g/mol. The molecule has 1 atom stereocenters. The zero-order valence-corrected chi connectivity index (χ0v) is 10.2. The Morgan fingerprint density at radius 2 is 2.38 bits per heavy atom. The molecule has 0 unspecified atom stereocenters. The Hall–Kier alpha value is -1.03. The van der Waals surface area contributed by atoms with Gasteiger partial charge >= 0.3 is 6.03 Å². The van der Waals surface area contributed by atoms with E-state index in [1.54, 1.807) is 0 Å². The number of fused-ring (bicyclic) bond motifs is 1. The maximum Gasteiger partial charge on any atom is 0.318 e. The van der Waals surface area contributed by atoms with E-state index < -0.39 is 0 Å². The minimum atomic E-state index is 0.117. The van der Waals surface area contributed by atoms with Crippen LogP contribution in [0.15, 0.2) is 11.4 Å². The van der Waals surface area contributed by atoms with Crippen LogP contribution in [-0.4, -0.2) is 23.5 Å². The lowest BCUT2D eigenvalue weighted by molar-refractivity contribution is 0.175. The van der Waals surface area contributed by atoms with E-state index in [-0.39, 0.29) is 12.1 Å². The molecule has 1 aromatic rings. The van der Waals surface area contributed by atoms with Gasteiger partial charge in [0.2, 0.25) is 0 Å². The summed E-state index contributed by atoms with van der Waals surface area (Å²) in [6.07, 6.45) is 3.31. The molecule has 2 heterocycles. The van der Waals surface area contributed by atoms with Crippen LogP contribution in [0.1, 0.15) is 36.2 Å². The van der Waals surface area contributed by atoms with Gasteiger partial charge in [-0.05, 0) is 43.2 Å². The summed E-state index contributed by atoms with van der Waals surface area (Å²) in [6, 6.07) is 2.95. The molecule has 0 aromatic carbocycles. The first-order chi connectivity index (χ1) is 7.75. The zero-order valence-electron chi connectivity index (χ0n) is 9.40.